The molecule has 0 heterocycles. The summed E-state index contributed by atoms with van der Waals surface area (Å²) < 4.78 is 66.6. The maximum absolute atomic E-state index is 12.1. The fourth-order valence-corrected chi connectivity index (χ4v) is 1.14. The zero-order chi connectivity index (χ0) is 17.1. The van der Waals surface area contributed by atoms with Crippen molar-refractivity contribution in [3.8, 4) is 11.5 Å². The molecule has 8 heteroatoms. The molecule has 0 N–H and O–H groups in total. The van der Waals surface area contributed by atoms with Crippen molar-refractivity contribution in [2.75, 3.05) is 0 Å². The predicted octanol–water partition coefficient (Wildman–Crippen LogP) is 5.50. The maximum Gasteiger partial charge on any atom is 0.342 e. The van der Waals surface area contributed by atoms with Gasteiger partial charge in [-0.1, -0.05) is 0 Å². The zero-order valence-corrected chi connectivity index (χ0v) is 18.5. The van der Waals surface area contributed by atoms with E-state index in [0.29, 0.717) is 12.0 Å². The van der Waals surface area contributed by atoms with Crippen molar-refractivity contribution >= 4 is 0 Å². The van der Waals surface area contributed by atoms with E-state index >= 15 is 0 Å². The molecule has 0 atom stereocenters. The molecule has 0 aliphatic heterocycles. The van der Waals surface area contributed by atoms with E-state index < -0.39 is 18.2 Å². The summed E-state index contributed by atoms with van der Waals surface area (Å²) in [4.78, 5) is 0. The number of halogens is 5. The van der Waals surface area contributed by atoms with Gasteiger partial charge in [0.2, 0.25) is 0 Å². The number of benzene rings is 2. The Balaban J connectivity index is 0.000000425. The molecule has 0 aliphatic rings. The standard InChI is InChI=1S/C8H4F3O.C8H5F2O.Rf/c9-7(10)8(11)12-6-4-2-1-3-5-6;9-8(10)6-11-7-4-2-1-3-5-7;/h2-5H;2-6H;/q2*-1;. The molecule has 0 aromatic heterocycles. The molecule has 0 bridgehead atoms. The second kappa shape index (κ2) is 10.8. The van der Waals surface area contributed by atoms with Crippen LogP contribution in [0.1, 0.15) is 0 Å². The molecule has 0 saturated heterocycles. The van der Waals surface area contributed by atoms with Crippen molar-refractivity contribution < 1.29 is 31.4 Å². The Morgan fingerprint density at radius 1 is 0.792 bits per heavy atom. The fourth-order valence-electron chi connectivity index (χ4n) is 1.14. The van der Waals surface area contributed by atoms with Gasteiger partial charge in [0, 0.05) is 11.5 Å². The van der Waals surface area contributed by atoms with Crippen LogP contribution in [0, 0.1) is 12.1 Å². The Morgan fingerprint density at radius 3 is 1.67 bits per heavy atom. The van der Waals surface area contributed by atoms with E-state index in [1.165, 1.54) is 24.3 Å². The Kier molecular flexibility index (Phi) is 9.10. The molecule has 2 rings (SSSR count). The van der Waals surface area contributed by atoms with Crippen LogP contribution >= 0.6 is 0 Å². The first kappa shape index (κ1) is 20.2. The summed E-state index contributed by atoms with van der Waals surface area (Å²) in [5.74, 6) is 0.385. The van der Waals surface area contributed by atoms with Crippen LogP contribution in [-0.2, 0) is 0 Å². The summed E-state index contributed by atoms with van der Waals surface area (Å²) in [5, 5.41) is 0. The molecule has 0 spiro atoms. The third-order valence-electron chi connectivity index (χ3n) is 2.02. The molecule has 0 unspecified atom stereocenters. The summed E-state index contributed by atoms with van der Waals surface area (Å²) in [6.07, 6.45) is -3.92. The Bertz CT molecular complexity index is 640. The Labute approximate surface area is 129 Å². The van der Waals surface area contributed by atoms with Gasteiger partial charge < -0.3 is 9.47 Å². The van der Waals surface area contributed by atoms with E-state index in [0.717, 1.165) is 0 Å². The van der Waals surface area contributed by atoms with Crippen LogP contribution in [0.3, 0.4) is 0 Å². The van der Waals surface area contributed by atoms with Crippen LogP contribution in [0.2, 0.25) is 0 Å². The van der Waals surface area contributed by atoms with Crippen molar-refractivity contribution in [1.82, 2.24) is 0 Å². The molecule has 0 saturated carbocycles. The van der Waals surface area contributed by atoms with Gasteiger partial charge in [0.15, 0.2) is 6.26 Å². The molecular formula is C16H9F5O2Rf-2. The van der Waals surface area contributed by atoms with Gasteiger partial charge in [-0.25, -0.2) is 0 Å². The molecule has 0 amide bonds. The first-order valence-electron chi connectivity index (χ1n) is 5.97. The van der Waals surface area contributed by atoms with Crippen LogP contribution in [0.15, 0.2) is 73.0 Å². The first-order chi connectivity index (χ1) is 11.0. The van der Waals surface area contributed by atoms with Crippen molar-refractivity contribution in [1.29, 1.82) is 0 Å². The molecule has 0 radical (unpaired) electrons. The zero-order valence-electron chi connectivity index (χ0n) is 12.1. The molecule has 2 aromatic rings. The van der Waals surface area contributed by atoms with Gasteiger partial charge in [-0.2, -0.15) is 58.4 Å². The second-order valence-corrected chi connectivity index (χ2v) is 3.63. The van der Waals surface area contributed by atoms with Crippen molar-refractivity contribution in [2.45, 2.75) is 0 Å². The van der Waals surface area contributed by atoms with Gasteiger partial charge in [-0.3, -0.25) is 0 Å². The van der Waals surface area contributed by atoms with E-state index in [9.17, 15) is 22.0 Å². The normalized spacial score (nSPS) is 8.71. The molecule has 0 aliphatic carbocycles. The minimum Gasteiger partial charge on any atom is -0.485 e. The van der Waals surface area contributed by atoms with E-state index in [4.69, 9.17) is 0 Å². The third-order valence-corrected chi connectivity index (χ3v) is 2.02. The second-order valence-electron chi connectivity index (χ2n) is 3.63. The minimum absolute atomic E-state index is 0. The summed E-state index contributed by atoms with van der Waals surface area (Å²) in [6.45, 7) is 0. The number of rotatable bonds is 4. The average molecular weight is 595 g/mol. The SMILES string of the molecule is FC(F)=C(F)Oc1cc[c-]cc1.FC(F)=COc1cc[c-]cc1.[Rf]. The quantitative estimate of drug-likeness (QED) is 0.264. The van der Waals surface area contributed by atoms with Crippen LogP contribution in [0.5, 0.6) is 11.5 Å². The summed E-state index contributed by atoms with van der Waals surface area (Å²) >= 11 is 0. The van der Waals surface area contributed by atoms with Crippen LogP contribution in [0.4, 0.5) is 22.0 Å². The Morgan fingerprint density at radius 2 is 1.25 bits per heavy atom. The molecule has 0 fully saturated rings. The first-order valence-corrected chi connectivity index (χ1v) is 5.97. The monoisotopic (exact) mass is 595 g/mol. The van der Waals surface area contributed by atoms with Gasteiger partial charge in [0.1, 0.15) is 0 Å². The summed E-state index contributed by atoms with van der Waals surface area (Å²) in [6, 6.07) is 15.2. The summed E-state index contributed by atoms with van der Waals surface area (Å²) in [7, 11) is 0. The van der Waals surface area contributed by atoms with E-state index in [2.05, 4.69) is 21.6 Å². The fraction of sp³-hybridized carbons (Fsp3) is 0. The average Bonchev–Trinajstić information content (AvgIpc) is 2.55. The van der Waals surface area contributed by atoms with Gasteiger partial charge in [0.05, 0.1) is 0 Å². The van der Waals surface area contributed by atoms with Gasteiger partial charge >= 0.3 is 18.2 Å². The van der Waals surface area contributed by atoms with Crippen molar-refractivity contribution in [3.05, 3.63) is 85.1 Å². The summed E-state index contributed by atoms with van der Waals surface area (Å²) in [5.41, 5.74) is 0. The number of hydrogen-bond donors (Lipinski definition) is 0. The third kappa shape index (κ3) is 8.46. The Hall–Kier alpha value is -3.83. The number of hydrogen-bond acceptors (Lipinski definition) is 2. The van der Waals surface area contributed by atoms with Crippen LogP contribution < -0.4 is 9.47 Å². The molecule has 2 aromatic carbocycles. The molecule has 124 valence electrons. The molecule has 24 heavy (non-hydrogen) atoms. The van der Waals surface area contributed by atoms with Gasteiger partial charge in [-0.15, -0.1) is 24.3 Å². The van der Waals surface area contributed by atoms with Gasteiger partial charge in [-0.05, 0) is 0 Å². The molecular weight excluding hydrogens is 586 g/mol. The largest absolute Gasteiger partial charge is 0.485 e. The van der Waals surface area contributed by atoms with E-state index in [1.54, 1.807) is 24.3 Å². The van der Waals surface area contributed by atoms with E-state index in [1.807, 2.05) is 0 Å². The topological polar surface area (TPSA) is 18.5 Å². The van der Waals surface area contributed by atoms with Gasteiger partial charge in [0.25, 0.3) is 0 Å². The smallest absolute Gasteiger partial charge is 0.342 e. The van der Waals surface area contributed by atoms with Crippen molar-refractivity contribution in [2.24, 2.45) is 0 Å². The maximum atomic E-state index is 12.1. The van der Waals surface area contributed by atoms with Crippen LogP contribution in [-0.4, -0.2) is 0 Å². The van der Waals surface area contributed by atoms with Crippen molar-refractivity contribution in [3.63, 3.8) is 0 Å². The number of ether oxygens (including phenoxy) is 2. The predicted molar refractivity (Wildman–Crippen MR) is 72.5 cm³/mol. The minimum atomic E-state index is -2.47. The molecule has 2 nitrogen and oxygen atoms in total. The van der Waals surface area contributed by atoms with E-state index in [-0.39, 0.29) is 5.75 Å². The van der Waals surface area contributed by atoms with Crippen LogP contribution in [0.25, 0.3) is 0 Å².